The highest BCUT2D eigenvalue weighted by atomic mass is 16.5. The maximum atomic E-state index is 12.2. The molecule has 1 aliphatic rings. The number of hydrogen-bond donors (Lipinski definition) is 1. The highest BCUT2D eigenvalue weighted by Gasteiger charge is 2.19. The number of amides is 1. The highest BCUT2D eigenvalue weighted by Crippen LogP contribution is 2.10. The third-order valence-electron chi connectivity index (χ3n) is 3.39. The number of pyridine rings is 1. The number of ether oxygens (including phenoxy) is 1. The third-order valence-corrected chi connectivity index (χ3v) is 3.39. The topological polar surface area (TPSA) is 54.5 Å². The van der Waals surface area contributed by atoms with E-state index < -0.39 is 0 Å². The van der Waals surface area contributed by atoms with Gasteiger partial charge in [-0.2, -0.15) is 0 Å². The van der Waals surface area contributed by atoms with Gasteiger partial charge in [-0.25, -0.2) is 4.98 Å². The van der Waals surface area contributed by atoms with E-state index in [9.17, 15) is 4.79 Å². The van der Waals surface area contributed by atoms with E-state index in [2.05, 4.69) is 17.2 Å². The molecule has 1 saturated heterocycles. The molecule has 2 heterocycles. The Morgan fingerprint density at radius 2 is 2.15 bits per heavy atom. The van der Waals surface area contributed by atoms with E-state index in [1.54, 1.807) is 17.2 Å². The molecule has 1 fully saturated rings. The van der Waals surface area contributed by atoms with Crippen LogP contribution < -0.4 is 5.32 Å². The van der Waals surface area contributed by atoms with Gasteiger partial charge in [-0.05, 0) is 18.6 Å². The summed E-state index contributed by atoms with van der Waals surface area (Å²) in [5.41, 5.74) is 1.48. The first kappa shape index (κ1) is 14.8. The zero-order chi connectivity index (χ0) is 14.2. The van der Waals surface area contributed by atoms with Crippen LogP contribution in [-0.4, -0.2) is 48.6 Å². The van der Waals surface area contributed by atoms with E-state index in [4.69, 9.17) is 4.74 Å². The van der Waals surface area contributed by atoms with Crippen LogP contribution in [0.3, 0.4) is 0 Å². The van der Waals surface area contributed by atoms with Crippen LogP contribution in [0.1, 0.15) is 36.7 Å². The van der Waals surface area contributed by atoms with Crippen LogP contribution >= 0.6 is 0 Å². The average molecular weight is 277 g/mol. The van der Waals surface area contributed by atoms with Crippen molar-refractivity contribution in [3.8, 4) is 0 Å². The molecule has 110 valence electrons. The van der Waals surface area contributed by atoms with Gasteiger partial charge in [-0.3, -0.25) is 4.79 Å². The molecular formula is C15H23N3O2. The maximum Gasteiger partial charge on any atom is 0.272 e. The molecule has 0 unspecified atom stereocenters. The van der Waals surface area contributed by atoms with Crippen LogP contribution in [0.2, 0.25) is 0 Å². The molecule has 2 rings (SSSR count). The molecule has 0 saturated carbocycles. The summed E-state index contributed by atoms with van der Waals surface area (Å²) >= 11 is 0. The van der Waals surface area contributed by atoms with E-state index in [0.29, 0.717) is 32.0 Å². The van der Waals surface area contributed by atoms with Crippen LogP contribution in [-0.2, 0) is 4.74 Å². The smallest absolute Gasteiger partial charge is 0.272 e. The van der Waals surface area contributed by atoms with Gasteiger partial charge in [-0.1, -0.05) is 19.8 Å². The van der Waals surface area contributed by atoms with Gasteiger partial charge in [0.15, 0.2) is 0 Å². The zero-order valence-electron chi connectivity index (χ0n) is 12.1. The molecule has 1 aromatic heterocycles. The molecule has 1 aromatic rings. The number of morpholine rings is 1. The number of carbonyl (C=O) groups excluding carboxylic acids is 1. The van der Waals surface area contributed by atoms with Gasteiger partial charge in [0.1, 0.15) is 5.69 Å². The lowest BCUT2D eigenvalue weighted by atomic mass is 10.2. The minimum Gasteiger partial charge on any atom is -0.384 e. The van der Waals surface area contributed by atoms with E-state index in [1.807, 2.05) is 6.07 Å². The van der Waals surface area contributed by atoms with E-state index >= 15 is 0 Å². The van der Waals surface area contributed by atoms with Crippen molar-refractivity contribution in [2.24, 2.45) is 0 Å². The Morgan fingerprint density at radius 3 is 2.80 bits per heavy atom. The summed E-state index contributed by atoms with van der Waals surface area (Å²) < 4.78 is 5.24. The second kappa shape index (κ2) is 7.85. The molecule has 20 heavy (non-hydrogen) atoms. The van der Waals surface area contributed by atoms with E-state index in [1.165, 1.54) is 12.8 Å². The third kappa shape index (κ3) is 4.20. The number of anilines is 1. The molecule has 0 bridgehead atoms. The molecule has 5 heteroatoms. The molecule has 0 atom stereocenters. The summed E-state index contributed by atoms with van der Waals surface area (Å²) in [4.78, 5) is 18.2. The minimum atomic E-state index is -0.00849. The Labute approximate surface area is 120 Å². The Morgan fingerprint density at radius 1 is 1.35 bits per heavy atom. The Balaban J connectivity index is 1.85. The Bertz CT molecular complexity index is 414. The zero-order valence-corrected chi connectivity index (χ0v) is 12.1. The van der Waals surface area contributed by atoms with Gasteiger partial charge < -0.3 is 15.0 Å². The Hall–Kier alpha value is -1.62. The lowest BCUT2D eigenvalue weighted by Gasteiger charge is -2.26. The van der Waals surface area contributed by atoms with Crippen molar-refractivity contribution in [2.75, 3.05) is 38.2 Å². The monoisotopic (exact) mass is 277 g/mol. The van der Waals surface area contributed by atoms with Crippen LogP contribution in [0.4, 0.5) is 5.69 Å². The summed E-state index contributed by atoms with van der Waals surface area (Å²) in [5, 5.41) is 3.32. The maximum absolute atomic E-state index is 12.2. The lowest BCUT2D eigenvalue weighted by Crippen LogP contribution is -2.41. The van der Waals surface area contributed by atoms with Gasteiger partial charge in [-0.15, -0.1) is 0 Å². The SMILES string of the molecule is CCCCCNc1ccc(C(=O)N2CCOCC2)nc1. The number of hydrogen-bond acceptors (Lipinski definition) is 4. The summed E-state index contributed by atoms with van der Waals surface area (Å²) in [6.45, 7) is 5.67. The van der Waals surface area contributed by atoms with Crippen molar-refractivity contribution < 1.29 is 9.53 Å². The molecule has 1 N–H and O–H groups in total. The van der Waals surface area contributed by atoms with Gasteiger partial charge in [0, 0.05) is 19.6 Å². The first-order chi connectivity index (χ1) is 9.81. The van der Waals surface area contributed by atoms with Crippen LogP contribution in [0.15, 0.2) is 18.3 Å². The predicted molar refractivity (Wildman–Crippen MR) is 79.0 cm³/mol. The molecule has 1 amide bonds. The molecule has 1 aliphatic heterocycles. The second-order valence-electron chi connectivity index (χ2n) is 4.97. The van der Waals surface area contributed by atoms with E-state index in [0.717, 1.165) is 18.7 Å². The molecule has 0 radical (unpaired) electrons. The van der Waals surface area contributed by atoms with Gasteiger partial charge in [0.25, 0.3) is 5.91 Å². The summed E-state index contributed by atoms with van der Waals surface area (Å²) in [6.07, 6.45) is 5.34. The highest BCUT2D eigenvalue weighted by molar-refractivity contribution is 5.92. The first-order valence-electron chi connectivity index (χ1n) is 7.38. The summed E-state index contributed by atoms with van der Waals surface area (Å²) in [5.74, 6) is -0.00849. The number of carbonyl (C=O) groups is 1. The van der Waals surface area contributed by atoms with Crippen LogP contribution in [0.5, 0.6) is 0 Å². The van der Waals surface area contributed by atoms with Crippen molar-refractivity contribution in [1.82, 2.24) is 9.88 Å². The number of unbranched alkanes of at least 4 members (excludes halogenated alkanes) is 2. The van der Waals surface area contributed by atoms with E-state index in [-0.39, 0.29) is 5.91 Å². The fourth-order valence-corrected chi connectivity index (χ4v) is 2.16. The standard InChI is InChI=1S/C15H23N3O2/c1-2-3-4-7-16-13-5-6-14(17-12-13)15(19)18-8-10-20-11-9-18/h5-6,12,16H,2-4,7-11H2,1H3. The van der Waals surface area contributed by atoms with Crippen LogP contribution in [0, 0.1) is 0 Å². The fourth-order valence-electron chi connectivity index (χ4n) is 2.16. The van der Waals surface area contributed by atoms with Crippen LogP contribution in [0.25, 0.3) is 0 Å². The second-order valence-corrected chi connectivity index (χ2v) is 4.97. The number of nitrogens with one attached hydrogen (secondary N) is 1. The normalized spacial score (nSPS) is 15.2. The molecular weight excluding hydrogens is 254 g/mol. The summed E-state index contributed by atoms with van der Waals surface area (Å²) in [6, 6.07) is 3.71. The first-order valence-corrected chi connectivity index (χ1v) is 7.38. The van der Waals surface area contributed by atoms with Gasteiger partial charge in [0.05, 0.1) is 25.1 Å². The molecule has 0 spiro atoms. The molecule has 5 nitrogen and oxygen atoms in total. The Kier molecular flexibility index (Phi) is 5.80. The number of nitrogens with zero attached hydrogens (tertiary/aromatic N) is 2. The van der Waals surface area contributed by atoms with Gasteiger partial charge >= 0.3 is 0 Å². The van der Waals surface area contributed by atoms with Crippen molar-refractivity contribution in [1.29, 1.82) is 0 Å². The average Bonchev–Trinajstić information content (AvgIpc) is 2.52. The largest absolute Gasteiger partial charge is 0.384 e. The predicted octanol–water partition coefficient (Wildman–Crippen LogP) is 2.16. The van der Waals surface area contributed by atoms with Crippen molar-refractivity contribution in [2.45, 2.75) is 26.2 Å². The number of rotatable bonds is 6. The minimum absolute atomic E-state index is 0.00849. The number of aromatic nitrogens is 1. The summed E-state index contributed by atoms with van der Waals surface area (Å²) in [7, 11) is 0. The van der Waals surface area contributed by atoms with Gasteiger partial charge in [0.2, 0.25) is 0 Å². The fraction of sp³-hybridized carbons (Fsp3) is 0.600. The lowest BCUT2D eigenvalue weighted by molar-refractivity contribution is 0.0299. The quantitative estimate of drug-likeness (QED) is 0.810. The van der Waals surface area contributed by atoms with Crippen molar-refractivity contribution in [3.63, 3.8) is 0 Å². The van der Waals surface area contributed by atoms with Crippen molar-refractivity contribution in [3.05, 3.63) is 24.0 Å². The molecule has 0 aromatic carbocycles. The van der Waals surface area contributed by atoms with Crippen molar-refractivity contribution >= 4 is 11.6 Å². The molecule has 0 aliphatic carbocycles.